The van der Waals surface area contributed by atoms with E-state index in [1.807, 2.05) is 54.6 Å². The zero-order chi connectivity index (χ0) is 20.3. The van der Waals surface area contributed by atoms with Crippen molar-refractivity contribution in [2.24, 2.45) is 0 Å². The maximum absolute atomic E-state index is 9.62. The number of phenolic OH excluding ortho intramolecular Hbond substituents is 1. The van der Waals surface area contributed by atoms with Gasteiger partial charge in [-0.25, -0.2) is 0 Å². The lowest BCUT2D eigenvalue weighted by molar-refractivity contribution is 0.225. The Morgan fingerprint density at radius 1 is 0.900 bits per heavy atom. The third kappa shape index (κ3) is 3.79. The fourth-order valence-corrected chi connectivity index (χ4v) is 3.96. The van der Waals surface area contributed by atoms with Crippen molar-refractivity contribution in [1.82, 2.24) is 15.2 Å². The summed E-state index contributed by atoms with van der Waals surface area (Å²) in [5, 5.41) is 22.3. The molecule has 0 fully saturated rings. The topological polar surface area (TPSA) is 80.2 Å². The largest absolute Gasteiger partial charge is 0.508 e. The number of nitrogens with one attached hydrogen (secondary N) is 1. The highest BCUT2D eigenvalue weighted by Gasteiger charge is 2.26. The van der Waals surface area contributed by atoms with Crippen LogP contribution in [0.15, 0.2) is 84.0 Å². The molecule has 7 heteroatoms. The van der Waals surface area contributed by atoms with Gasteiger partial charge in [-0.05, 0) is 35.9 Å². The number of ether oxygens (including phenoxy) is 1. The van der Waals surface area contributed by atoms with Crippen molar-refractivity contribution in [2.45, 2.75) is 17.1 Å². The van der Waals surface area contributed by atoms with E-state index in [0.717, 1.165) is 22.6 Å². The van der Waals surface area contributed by atoms with E-state index in [4.69, 9.17) is 4.74 Å². The number of aromatic hydroxyl groups is 1. The summed E-state index contributed by atoms with van der Waals surface area (Å²) in [6.45, 7) is 0. The summed E-state index contributed by atoms with van der Waals surface area (Å²) in [5.74, 6) is 1.38. The second kappa shape index (κ2) is 8.04. The number of aromatic nitrogens is 3. The number of fused-ring (bicyclic) bond motifs is 3. The van der Waals surface area contributed by atoms with Crippen molar-refractivity contribution in [3.63, 3.8) is 0 Å². The molecule has 1 atom stereocenters. The number of benzene rings is 3. The molecule has 6 nitrogen and oxygen atoms in total. The van der Waals surface area contributed by atoms with Gasteiger partial charge in [0, 0.05) is 22.6 Å². The molecule has 0 amide bonds. The van der Waals surface area contributed by atoms with Gasteiger partial charge >= 0.3 is 0 Å². The second-order valence-corrected chi connectivity index (χ2v) is 7.74. The molecule has 1 aliphatic rings. The Labute approximate surface area is 178 Å². The Balaban J connectivity index is 1.50. The Kier molecular flexibility index (Phi) is 4.94. The summed E-state index contributed by atoms with van der Waals surface area (Å²) in [5.41, 5.74) is 4.43. The van der Waals surface area contributed by atoms with Crippen LogP contribution < -0.4 is 10.1 Å². The first-order valence-corrected chi connectivity index (χ1v) is 10.5. The van der Waals surface area contributed by atoms with Crippen LogP contribution in [0.2, 0.25) is 0 Å². The molecule has 2 heterocycles. The molecule has 2 N–H and O–H groups in total. The minimum atomic E-state index is -0.475. The number of rotatable bonds is 4. The van der Waals surface area contributed by atoms with Crippen LogP contribution in [0.5, 0.6) is 11.6 Å². The predicted octanol–water partition coefficient (Wildman–Crippen LogP) is 5.04. The van der Waals surface area contributed by atoms with Crippen molar-refractivity contribution in [3.8, 4) is 22.9 Å². The van der Waals surface area contributed by atoms with Gasteiger partial charge in [0.1, 0.15) is 5.75 Å². The van der Waals surface area contributed by atoms with Crippen molar-refractivity contribution >= 4 is 17.4 Å². The smallest absolute Gasteiger partial charge is 0.247 e. The molecule has 4 aromatic rings. The van der Waals surface area contributed by atoms with Gasteiger partial charge in [0.15, 0.2) is 11.9 Å². The normalized spacial score (nSPS) is 14.6. The summed E-state index contributed by atoms with van der Waals surface area (Å²) in [6, 6.07) is 24.9. The average Bonchev–Trinajstić information content (AvgIpc) is 2.95. The molecule has 5 rings (SSSR count). The molecule has 0 saturated carbocycles. The maximum Gasteiger partial charge on any atom is 0.247 e. The number of phenols is 1. The number of para-hydroxylation sites is 1. The first kappa shape index (κ1) is 18.4. The van der Waals surface area contributed by atoms with Crippen molar-refractivity contribution in [3.05, 3.63) is 90.0 Å². The predicted molar refractivity (Wildman–Crippen MR) is 116 cm³/mol. The van der Waals surface area contributed by atoms with E-state index in [1.54, 1.807) is 12.1 Å². The van der Waals surface area contributed by atoms with Gasteiger partial charge in [0.25, 0.3) is 0 Å². The zero-order valence-corrected chi connectivity index (χ0v) is 16.7. The molecule has 0 radical (unpaired) electrons. The highest BCUT2D eigenvalue weighted by Crippen LogP contribution is 2.39. The molecule has 0 saturated heterocycles. The Morgan fingerprint density at radius 3 is 2.50 bits per heavy atom. The third-order valence-electron chi connectivity index (χ3n) is 4.74. The Morgan fingerprint density at radius 2 is 1.67 bits per heavy atom. The van der Waals surface area contributed by atoms with Gasteiger partial charge in [-0.1, -0.05) is 60.3 Å². The van der Waals surface area contributed by atoms with E-state index in [9.17, 15) is 5.11 Å². The molecule has 0 bridgehead atoms. The lowest BCUT2D eigenvalue weighted by atomic mass is 10.1. The summed E-state index contributed by atoms with van der Waals surface area (Å²) in [7, 11) is 0. The van der Waals surface area contributed by atoms with Crippen molar-refractivity contribution in [2.75, 3.05) is 5.32 Å². The van der Waals surface area contributed by atoms with E-state index in [0.29, 0.717) is 16.7 Å². The summed E-state index contributed by atoms with van der Waals surface area (Å²) in [4.78, 5) is 4.66. The molecule has 3 aromatic carbocycles. The van der Waals surface area contributed by atoms with Crippen LogP contribution in [0.1, 0.15) is 17.4 Å². The van der Waals surface area contributed by atoms with Gasteiger partial charge in [-0.3, -0.25) is 0 Å². The number of hydrogen-bond acceptors (Lipinski definition) is 7. The molecular weight excluding hydrogens is 396 g/mol. The maximum atomic E-state index is 9.62. The van der Waals surface area contributed by atoms with Crippen LogP contribution in [0, 0.1) is 0 Å². The van der Waals surface area contributed by atoms with Crippen LogP contribution in [-0.4, -0.2) is 20.3 Å². The summed E-state index contributed by atoms with van der Waals surface area (Å²) < 4.78 is 6.24. The van der Waals surface area contributed by atoms with E-state index < -0.39 is 6.23 Å². The van der Waals surface area contributed by atoms with Crippen LogP contribution >= 0.6 is 11.8 Å². The van der Waals surface area contributed by atoms with Gasteiger partial charge < -0.3 is 15.2 Å². The van der Waals surface area contributed by atoms with Crippen molar-refractivity contribution < 1.29 is 9.84 Å². The van der Waals surface area contributed by atoms with Crippen LogP contribution in [0.4, 0.5) is 5.69 Å². The highest BCUT2D eigenvalue weighted by atomic mass is 32.2. The Hall–Kier alpha value is -3.58. The van der Waals surface area contributed by atoms with E-state index in [-0.39, 0.29) is 5.75 Å². The minimum Gasteiger partial charge on any atom is -0.508 e. The molecule has 0 spiro atoms. The van der Waals surface area contributed by atoms with Gasteiger partial charge in [0.2, 0.25) is 11.0 Å². The minimum absolute atomic E-state index is 0.205. The van der Waals surface area contributed by atoms with Gasteiger partial charge in [-0.2, -0.15) is 4.98 Å². The molecule has 1 unspecified atom stereocenters. The Bertz CT molecular complexity index is 1170. The van der Waals surface area contributed by atoms with Crippen LogP contribution in [-0.2, 0) is 5.75 Å². The number of anilines is 1. The van der Waals surface area contributed by atoms with Crippen LogP contribution in [0.25, 0.3) is 11.3 Å². The summed E-state index contributed by atoms with van der Waals surface area (Å²) in [6.07, 6.45) is -0.475. The first-order chi connectivity index (χ1) is 14.8. The van der Waals surface area contributed by atoms with E-state index in [1.165, 1.54) is 17.3 Å². The van der Waals surface area contributed by atoms with Crippen LogP contribution in [0.3, 0.4) is 0 Å². The quantitative estimate of drug-likeness (QED) is 0.453. The third-order valence-corrected chi connectivity index (χ3v) is 5.65. The number of thioether (sulfide) groups is 1. The highest BCUT2D eigenvalue weighted by molar-refractivity contribution is 7.98. The lowest BCUT2D eigenvalue weighted by Crippen LogP contribution is -2.17. The first-order valence-electron chi connectivity index (χ1n) is 9.49. The molecule has 1 aliphatic heterocycles. The molecule has 1 aromatic heterocycles. The fraction of sp³-hybridized carbons (Fsp3) is 0.0870. The van der Waals surface area contributed by atoms with E-state index >= 15 is 0 Å². The SMILES string of the molecule is Oc1ccc(C2Nc3ccccc3-c3nnc(SCc4ccccc4)nc3O2)cc1. The molecule has 0 aliphatic carbocycles. The standard InChI is InChI=1S/C23H18N4O2S/c28-17-12-10-16(11-13-17)21-24-19-9-5-4-8-18(19)20-22(29-21)25-23(27-26-20)30-14-15-6-2-1-3-7-15/h1-13,21,24,28H,14H2. The molecule has 30 heavy (non-hydrogen) atoms. The average molecular weight is 414 g/mol. The second-order valence-electron chi connectivity index (χ2n) is 6.80. The van der Waals surface area contributed by atoms with Gasteiger partial charge in [-0.15, -0.1) is 10.2 Å². The summed E-state index contributed by atoms with van der Waals surface area (Å²) >= 11 is 1.52. The number of hydrogen-bond donors (Lipinski definition) is 2. The van der Waals surface area contributed by atoms with Crippen molar-refractivity contribution in [1.29, 1.82) is 0 Å². The lowest BCUT2D eigenvalue weighted by Gasteiger charge is -2.19. The zero-order valence-electron chi connectivity index (χ0n) is 15.9. The molecule has 148 valence electrons. The molecular formula is C23H18N4O2S. The monoisotopic (exact) mass is 414 g/mol. The van der Waals surface area contributed by atoms with Gasteiger partial charge in [0.05, 0.1) is 0 Å². The number of nitrogens with zero attached hydrogens (tertiary/aromatic N) is 3. The van der Waals surface area contributed by atoms with E-state index in [2.05, 4.69) is 32.6 Å². The fourth-order valence-electron chi connectivity index (χ4n) is 3.23.